The second kappa shape index (κ2) is 8.41. The van der Waals surface area contributed by atoms with Crippen LogP contribution in [0.15, 0.2) is 48.8 Å². The highest BCUT2D eigenvalue weighted by atomic mass is 16.5. The molecule has 1 N–H and O–H groups in total. The summed E-state index contributed by atoms with van der Waals surface area (Å²) in [6.45, 7) is 6.43. The van der Waals surface area contributed by atoms with Gasteiger partial charge in [0, 0.05) is 42.5 Å². The highest BCUT2D eigenvalue weighted by Crippen LogP contribution is 2.29. The molecule has 32 heavy (non-hydrogen) atoms. The molecule has 0 spiro atoms. The minimum atomic E-state index is -0.484. The molecule has 3 aromatic rings. The van der Waals surface area contributed by atoms with Gasteiger partial charge in [0.2, 0.25) is 11.8 Å². The van der Waals surface area contributed by atoms with E-state index in [4.69, 9.17) is 4.74 Å². The minimum absolute atomic E-state index is 0.0920. The Bertz CT molecular complexity index is 1120. The number of ether oxygens (including phenoxy) is 1. The number of amides is 2. The Balaban J connectivity index is 1.55. The van der Waals surface area contributed by atoms with E-state index in [0.717, 1.165) is 11.4 Å². The molecule has 3 heterocycles. The first kappa shape index (κ1) is 21.5. The molecule has 1 aliphatic heterocycles. The summed E-state index contributed by atoms with van der Waals surface area (Å²) in [5.74, 6) is 0.725. The van der Waals surface area contributed by atoms with Crippen molar-refractivity contribution in [3.8, 4) is 11.7 Å². The lowest BCUT2D eigenvalue weighted by Gasteiger charge is -2.17. The number of rotatable bonds is 5. The molecule has 1 unspecified atom stereocenters. The summed E-state index contributed by atoms with van der Waals surface area (Å²) in [5.41, 5.74) is 1.31. The molecular weight excluding hydrogens is 408 g/mol. The van der Waals surface area contributed by atoms with Crippen LogP contribution in [-0.2, 0) is 15.0 Å². The van der Waals surface area contributed by atoms with Crippen molar-refractivity contribution in [2.45, 2.75) is 32.6 Å². The van der Waals surface area contributed by atoms with Crippen LogP contribution in [0.3, 0.4) is 0 Å². The Kier molecular flexibility index (Phi) is 5.65. The SMILES string of the molecule is COc1ccc(N2CC(C(=O)Nc3cc(C(C)(C)C)nn3-c3ncccn3)CC2=O)cc1. The zero-order valence-electron chi connectivity index (χ0n) is 18.6. The smallest absolute Gasteiger partial charge is 0.252 e. The molecule has 1 saturated heterocycles. The largest absolute Gasteiger partial charge is 0.497 e. The van der Waals surface area contributed by atoms with Gasteiger partial charge in [-0.2, -0.15) is 9.78 Å². The Morgan fingerprint density at radius 3 is 2.47 bits per heavy atom. The molecule has 1 aromatic carbocycles. The van der Waals surface area contributed by atoms with Gasteiger partial charge in [-0.15, -0.1) is 0 Å². The quantitative estimate of drug-likeness (QED) is 0.662. The van der Waals surface area contributed by atoms with Gasteiger partial charge >= 0.3 is 0 Å². The molecule has 0 radical (unpaired) electrons. The van der Waals surface area contributed by atoms with E-state index in [0.29, 0.717) is 24.1 Å². The minimum Gasteiger partial charge on any atom is -0.497 e. The number of benzene rings is 1. The number of hydrogen-bond acceptors (Lipinski definition) is 6. The summed E-state index contributed by atoms with van der Waals surface area (Å²) < 4.78 is 6.70. The monoisotopic (exact) mass is 434 g/mol. The molecular formula is C23H26N6O3. The van der Waals surface area contributed by atoms with Crippen LogP contribution < -0.4 is 15.0 Å². The van der Waals surface area contributed by atoms with E-state index in [1.54, 1.807) is 42.6 Å². The first-order valence-corrected chi connectivity index (χ1v) is 10.4. The van der Waals surface area contributed by atoms with E-state index in [1.165, 1.54) is 4.68 Å². The maximum Gasteiger partial charge on any atom is 0.252 e. The number of hydrogen-bond donors (Lipinski definition) is 1. The van der Waals surface area contributed by atoms with Crippen LogP contribution in [0.2, 0.25) is 0 Å². The summed E-state index contributed by atoms with van der Waals surface area (Å²) in [6.07, 6.45) is 3.38. The third-order valence-electron chi connectivity index (χ3n) is 5.35. The summed E-state index contributed by atoms with van der Waals surface area (Å²) >= 11 is 0. The zero-order chi connectivity index (χ0) is 22.9. The Hall–Kier alpha value is -3.75. The third-order valence-corrected chi connectivity index (χ3v) is 5.35. The van der Waals surface area contributed by atoms with Crippen LogP contribution in [0.5, 0.6) is 5.75 Å². The van der Waals surface area contributed by atoms with Crippen molar-refractivity contribution in [1.29, 1.82) is 0 Å². The Morgan fingerprint density at radius 1 is 1.16 bits per heavy atom. The topological polar surface area (TPSA) is 102 Å². The van der Waals surface area contributed by atoms with Gasteiger partial charge in [-0.25, -0.2) is 9.97 Å². The Morgan fingerprint density at radius 2 is 1.84 bits per heavy atom. The van der Waals surface area contributed by atoms with Gasteiger partial charge in [0.1, 0.15) is 11.6 Å². The second-order valence-corrected chi connectivity index (χ2v) is 8.72. The van der Waals surface area contributed by atoms with Crippen LogP contribution in [0.25, 0.3) is 5.95 Å². The molecule has 2 amide bonds. The molecule has 0 aliphatic carbocycles. The van der Waals surface area contributed by atoms with E-state index >= 15 is 0 Å². The molecule has 9 nitrogen and oxygen atoms in total. The zero-order valence-corrected chi connectivity index (χ0v) is 18.6. The first-order chi connectivity index (χ1) is 15.3. The normalized spacial score (nSPS) is 16.3. The first-order valence-electron chi connectivity index (χ1n) is 10.4. The molecule has 9 heteroatoms. The van der Waals surface area contributed by atoms with Crippen molar-refractivity contribution in [2.75, 3.05) is 23.9 Å². The van der Waals surface area contributed by atoms with E-state index < -0.39 is 5.92 Å². The van der Waals surface area contributed by atoms with Gasteiger partial charge in [-0.05, 0) is 30.3 Å². The fourth-order valence-corrected chi connectivity index (χ4v) is 3.51. The van der Waals surface area contributed by atoms with Crippen LogP contribution in [-0.4, -0.2) is 45.2 Å². The van der Waals surface area contributed by atoms with Crippen molar-refractivity contribution in [3.05, 3.63) is 54.5 Å². The highest BCUT2D eigenvalue weighted by Gasteiger charge is 2.36. The van der Waals surface area contributed by atoms with Crippen LogP contribution in [0, 0.1) is 5.92 Å². The van der Waals surface area contributed by atoms with E-state index in [1.807, 2.05) is 39.0 Å². The predicted molar refractivity (Wildman–Crippen MR) is 120 cm³/mol. The fourth-order valence-electron chi connectivity index (χ4n) is 3.51. The third kappa shape index (κ3) is 4.32. The number of carbonyl (C=O) groups excluding carboxylic acids is 2. The van der Waals surface area contributed by atoms with Gasteiger partial charge in [0.25, 0.3) is 5.95 Å². The second-order valence-electron chi connectivity index (χ2n) is 8.72. The standard InChI is InChI=1S/C23H26N6O3/c1-23(2,3)18-13-19(29(27-18)22-24-10-5-11-25-22)26-21(31)15-12-20(30)28(14-15)16-6-8-17(32-4)9-7-16/h5-11,13,15H,12,14H2,1-4H3,(H,26,31). The molecule has 166 valence electrons. The van der Waals surface area contributed by atoms with Crippen molar-refractivity contribution in [1.82, 2.24) is 19.7 Å². The van der Waals surface area contributed by atoms with Crippen LogP contribution in [0.1, 0.15) is 32.9 Å². The fraction of sp³-hybridized carbons (Fsp3) is 0.348. The molecule has 4 rings (SSSR count). The van der Waals surface area contributed by atoms with Crippen molar-refractivity contribution < 1.29 is 14.3 Å². The van der Waals surface area contributed by atoms with Crippen molar-refractivity contribution in [3.63, 3.8) is 0 Å². The number of carbonyl (C=O) groups is 2. The number of nitrogens with zero attached hydrogens (tertiary/aromatic N) is 5. The number of nitrogens with one attached hydrogen (secondary N) is 1. The van der Waals surface area contributed by atoms with Gasteiger partial charge in [-0.3, -0.25) is 9.59 Å². The summed E-state index contributed by atoms with van der Waals surface area (Å²) in [6, 6.07) is 10.8. The van der Waals surface area contributed by atoms with Gasteiger partial charge in [0.05, 0.1) is 18.7 Å². The lowest BCUT2D eigenvalue weighted by molar-refractivity contribution is -0.122. The average Bonchev–Trinajstić information content (AvgIpc) is 3.38. The molecule has 0 bridgehead atoms. The van der Waals surface area contributed by atoms with Crippen molar-refractivity contribution in [2.24, 2.45) is 5.92 Å². The number of anilines is 2. The molecule has 1 fully saturated rings. The number of aromatic nitrogens is 4. The van der Waals surface area contributed by atoms with Crippen LogP contribution in [0.4, 0.5) is 11.5 Å². The van der Waals surface area contributed by atoms with Crippen molar-refractivity contribution >= 4 is 23.3 Å². The van der Waals surface area contributed by atoms with Gasteiger partial charge in [-0.1, -0.05) is 20.8 Å². The summed E-state index contributed by atoms with van der Waals surface area (Å²) in [7, 11) is 1.59. The Labute approximate surface area is 186 Å². The lowest BCUT2D eigenvalue weighted by Crippen LogP contribution is -2.28. The molecule has 1 atom stereocenters. The van der Waals surface area contributed by atoms with E-state index in [2.05, 4.69) is 20.4 Å². The lowest BCUT2D eigenvalue weighted by atomic mass is 9.92. The highest BCUT2D eigenvalue weighted by molar-refractivity contribution is 6.03. The maximum absolute atomic E-state index is 13.1. The summed E-state index contributed by atoms with van der Waals surface area (Å²) in [5, 5.41) is 7.55. The summed E-state index contributed by atoms with van der Waals surface area (Å²) in [4.78, 5) is 35.8. The molecule has 2 aromatic heterocycles. The van der Waals surface area contributed by atoms with Gasteiger partial charge < -0.3 is 15.0 Å². The molecule has 1 aliphatic rings. The van der Waals surface area contributed by atoms with E-state index in [9.17, 15) is 9.59 Å². The van der Waals surface area contributed by atoms with E-state index in [-0.39, 0.29) is 23.7 Å². The predicted octanol–water partition coefficient (Wildman–Crippen LogP) is 2.96. The molecule has 0 saturated carbocycles. The van der Waals surface area contributed by atoms with Gasteiger partial charge in [0.15, 0.2) is 0 Å². The average molecular weight is 435 g/mol. The number of methoxy groups -OCH3 is 1. The maximum atomic E-state index is 13.1. The van der Waals surface area contributed by atoms with Crippen LogP contribution >= 0.6 is 0 Å².